The lowest BCUT2D eigenvalue weighted by atomic mass is 10.1. The zero-order valence-electron chi connectivity index (χ0n) is 19.1. The Kier molecular flexibility index (Phi) is 7.41. The summed E-state index contributed by atoms with van der Waals surface area (Å²) in [6, 6.07) is 2.60. The summed E-state index contributed by atoms with van der Waals surface area (Å²) < 4.78 is 12.6. The van der Waals surface area contributed by atoms with Gasteiger partial charge >= 0.3 is 0 Å². The van der Waals surface area contributed by atoms with E-state index in [4.69, 9.17) is 9.47 Å². The summed E-state index contributed by atoms with van der Waals surface area (Å²) in [6.45, 7) is 2.95. The average Bonchev–Trinajstić information content (AvgIpc) is 3.52. The van der Waals surface area contributed by atoms with Crippen molar-refractivity contribution < 1.29 is 19.1 Å². The molecule has 11 heteroatoms. The van der Waals surface area contributed by atoms with Gasteiger partial charge in [-0.05, 0) is 31.4 Å². The highest BCUT2D eigenvalue weighted by Crippen LogP contribution is 2.35. The second kappa shape index (κ2) is 10.6. The summed E-state index contributed by atoms with van der Waals surface area (Å²) >= 11 is 1.58. The number of H-pyrrole nitrogens is 1. The second-order valence-corrected chi connectivity index (χ2v) is 8.79. The van der Waals surface area contributed by atoms with Crippen LogP contribution in [-0.4, -0.2) is 57.7 Å². The van der Waals surface area contributed by atoms with Crippen LogP contribution in [0.2, 0.25) is 0 Å². The number of aryl methyl sites for hydroxylation is 1. The number of hydrogen-bond acceptors (Lipinski definition) is 7. The van der Waals surface area contributed by atoms with Crippen LogP contribution >= 0.6 is 11.8 Å². The molecular formula is C23H27N5O5S. The van der Waals surface area contributed by atoms with Crippen molar-refractivity contribution in [2.24, 2.45) is 0 Å². The Labute approximate surface area is 200 Å². The third-order valence-electron chi connectivity index (χ3n) is 5.64. The fraction of sp³-hybridized carbons (Fsp3) is 0.391. The predicted octanol–water partition coefficient (Wildman–Crippen LogP) is 1.68. The number of nitrogens with one attached hydrogen (secondary N) is 3. The fourth-order valence-corrected chi connectivity index (χ4v) is 4.28. The van der Waals surface area contributed by atoms with Crippen LogP contribution < -0.4 is 25.5 Å². The number of imidazole rings is 1. The monoisotopic (exact) mass is 485 g/mol. The van der Waals surface area contributed by atoms with Gasteiger partial charge in [-0.1, -0.05) is 0 Å². The summed E-state index contributed by atoms with van der Waals surface area (Å²) in [7, 11) is 0. The maximum absolute atomic E-state index is 13.2. The first-order valence-electron chi connectivity index (χ1n) is 11.0. The van der Waals surface area contributed by atoms with Crippen molar-refractivity contribution in [2.45, 2.75) is 32.4 Å². The van der Waals surface area contributed by atoms with Gasteiger partial charge in [-0.3, -0.25) is 14.4 Å². The molecule has 34 heavy (non-hydrogen) atoms. The number of amides is 2. The lowest BCUT2D eigenvalue weighted by Crippen LogP contribution is -2.48. The quantitative estimate of drug-likeness (QED) is 0.399. The van der Waals surface area contributed by atoms with Gasteiger partial charge in [-0.2, -0.15) is 11.8 Å². The van der Waals surface area contributed by atoms with Crippen LogP contribution in [0.3, 0.4) is 0 Å². The minimum Gasteiger partial charge on any atom is -0.454 e. The molecule has 180 valence electrons. The van der Waals surface area contributed by atoms with Crippen LogP contribution in [0, 0.1) is 0 Å². The molecule has 0 saturated heterocycles. The Morgan fingerprint density at radius 2 is 2.09 bits per heavy atom. The van der Waals surface area contributed by atoms with Gasteiger partial charge < -0.3 is 29.7 Å². The van der Waals surface area contributed by atoms with E-state index >= 15 is 0 Å². The van der Waals surface area contributed by atoms with E-state index in [0.717, 1.165) is 5.69 Å². The number of ether oxygens (including phenoxy) is 2. The van der Waals surface area contributed by atoms with Crippen molar-refractivity contribution in [2.75, 3.05) is 25.3 Å². The van der Waals surface area contributed by atoms with E-state index in [-0.39, 0.29) is 18.3 Å². The molecular weight excluding hydrogens is 458 g/mol. The number of carbonyl (C=O) groups excluding carboxylic acids is 2. The van der Waals surface area contributed by atoms with Crippen molar-refractivity contribution in [1.82, 2.24) is 25.2 Å². The molecule has 1 aromatic carbocycles. The van der Waals surface area contributed by atoms with Crippen LogP contribution in [0.15, 0.2) is 35.6 Å². The predicted molar refractivity (Wildman–Crippen MR) is 130 cm³/mol. The number of aromatic nitrogens is 3. The number of hydrogen-bond donors (Lipinski definition) is 3. The molecule has 2 aromatic heterocycles. The number of rotatable bonds is 10. The van der Waals surface area contributed by atoms with Gasteiger partial charge in [0.2, 0.25) is 18.1 Å². The second-order valence-electron chi connectivity index (χ2n) is 7.81. The Morgan fingerprint density at radius 1 is 1.29 bits per heavy atom. The number of benzene rings is 1. The smallest absolute Gasteiger partial charge is 0.257 e. The molecule has 4 rings (SSSR count). The van der Waals surface area contributed by atoms with Gasteiger partial charge in [0.1, 0.15) is 11.6 Å². The largest absolute Gasteiger partial charge is 0.454 e. The normalized spacial score (nSPS) is 13.1. The summed E-state index contributed by atoms with van der Waals surface area (Å²) in [6.07, 6.45) is 7.78. The molecule has 0 spiro atoms. The summed E-state index contributed by atoms with van der Waals surface area (Å²) in [5.74, 6) is 0.845. The molecule has 1 atom stereocenters. The van der Waals surface area contributed by atoms with Gasteiger partial charge in [-0.15, -0.1) is 0 Å². The van der Waals surface area contributed by atoms with Crippen LogP contribution in [0.5, 0.6) is 11.5 Å². The zero-order chi connectivity index (χ0) is 24.1. The number of pyridine rings is 1. The van der Waals surface area contributed by atoms with Crippen molar-refractivity contribution in [3.8, 4) is 11.5 Å². The molecule has 0 radical (unpaired) electrons. The first-order valence-corrected chi connectivity index (χ1v) is 12.4. The Morgan fingerprint density at radius 3 is 2.79 bits per heavy atom. The van der Waals surface area contributed by atoms with Crippen molar-refractivity contribution >= 4 is 34.5 Å². The molecule has 0 bridgehead atoms. The lowest BCUT2D eigenvalue weighted by Gasteiger charge is -2.19. The number of fused-ring (bicyclic) bond motifs is 2. The summed E-state index contributed by atoms with van der Waals surface area (Å²) in [5.41, 5.74) is 1.12. The lowest BCUT2D eigenvalue weighted by molar-refractivity contribution is -0.122. The van der Waals surface area contributed by atoms with Gasteiger partial charge in [-0.25, -0.2) is 4.98 Å². The molecule has 2 amide bonds. The van der Waals surface area contributed by atoms with E-state index in [9.17, 15) is 14.4 Å². The van der Waals surface area contributed by atoms with Crippen molar-refractivity contribution in [3.63, 3.8) is 0 Å². The maximum Gasteiger partial charge on any atom is 0.257 e. The standard InChI is InChI=1S/C23H27N5O5S/c1-3-28-11-16(21(29)15-8-19-20(9-18(15)28)33-13-32-19)22(30)27-17(5-7-34-2)23(31)25-6-4-14-10-24-12-26-14/h8-12,17H,3-7,13H2,1-2H3,(H,24,26)(H,25,31)(H,27,30)/t17-/m1/s1. The van der Waals surface area contributed by atoms with E-state index in [1.165, 1.54) is 6.20 Å². The SMILES string of the molecule is CCn1cc(C(=O)N[C@H](CCSC)C(=O)NCCc2cnc[nH]2)c(=O)c2cc3c(cc21)OCO3. The van der Waals surface area contributed by atoms with E-state index in [1.807, 2.05) is 17.7 Å². The highest BCUT2D eigenvalue weighted by atomic mass is 32.2. The zero-order valence-corrected chi connectivity index (χ0v) is 19.9. The highest BCUT2D eigenvalue weighted by Gasteiger charge is 2.25. The third kappa shape index (κ3) is 5.04. The first kappa shape index (κ1) is 23.7. The van der Waals surface area contributed by atoms with Crippen LogP contribution in [0.25, 0.3) is 10.9 Å². The molecule has 1 aliphatic heterocycles. The molecule has 0 unspecified atom stereocenters. The topological polar surface area (TPSA) is 127 Å². The number of carbonyl (C=O) groups is 2. The summed E-state index contributed by atoms with van der Waals surface area (Å²) in [5, 5.41) is 5.99. The summed E-state index contributed by atoms with van der Waals surface area (Å²) in [4.78, 5) is 46.2. The van der Waals surface area contributed by atoms with Crippen LogP contribution in [0.4, 0.5) is 0 Å². The molecule has 0 saturated carbocycles. The Balaban J connectivity index is 1.55. The van der Waals surface area contributed by atoms with Gasteiger partial charge in [0.15, 0.2) is 11.5 Å². The highest BCUT2D eigenvalue weighted by molar-refractivity contribution is 7.98. The van der Waals surface area contributed by atoms with Gasteiger partial charge in [0, 0.05) is 43.7 Å². The fourth-order valence-electron chi connectivity index (χ4n) is 3.81. The molecule has 10 nitrogen and oxygen atoms in total. The maximum atomic E-state index is 13.2. The average molecular weight is 486 g/mol. The van der Waals surface area contributed by atoms with Crippen LogP contribution in [-0.2, 0) is 17.8 Å². The Hall–Kier alpha value is -3.47. The molecule has 0 aliphatic carbocycles. The first-order chi connectivity index (χ1) is 16.5. The number of nitrogens with zero attached hydrogens (tertiary/aromatic N) is 2. The van der Waals surface area contributed by atoms with E-state index in [0.29, 0.717) is 54.1 Å². The number of aromatic amines is 1. The van der Waals surface area contributed by atoms with E-state index in [2.05, 4.69) is 20.6 Å². The van der Waals surface area contributed by atoms with E-state index in [1.54, 1.807) is 36.4 Å². The van der Waals surface area contributed by atoms with Gasteiger partial charge in [0.25, 0.3) is 5.91 Å². The number of thioether (sulfide) groups is 1. The van der Waals surface area contributed by atoms with Crippen molar-refractivity contribution in [1.29, 1.82) is 0 Å². The minimum absolute atomic E-state index is 0.0207. The van der Waals surface area contributed by atoms with Crippen molar-refractivity contribution in [3.05, 3.63) is 52.3 Å². The molecule has 3 N–H and O–H groups in total. The molecule has 3 heterocycles. The Bertz CT molecular complexity index is 1240. The van der Waals surface area contributed by atoms with Crippen LogP contribution in [0.1, 0.15) is 29.4 Å². The van der Waals surface area contributed by atoms with E-state index < -0.39 is 17.4 Å². The molecule has 1 aliphatic rings. The minimum atomic E-state index is -0.761. The molecule has 0 fully saturated rings. The third-order valence-corrected chi connectivity index (χ3v) is 6.28. The van der Waals surface area contributed by atoms with Gasteiger partial charge in [0.05, 0.1) is 17.2 Å². The molecule has 3 aromatic rings.